The maximum atomic E-state index is 12.5. The van der Waals surface area contributed by atoms with E-state index < -0.39 is 7.05 Å². The first kappa shape index (κ1) is 20.2. The third-order valence-electron chi connectivity index (χ3n) is 5.00. The van der Waals surface area contributed by atoms with Crippen LogP contribution >= 0.6 is 7.05 Å². The molecule has 0 bridgehead atoms. The number of ether oxygens (including phenoxy) is 2. The summed E-state index contributed by atoms with van der Waals surface area (Å²) in [7, 11) is -2.46. The zero-order valence-electron chi connectivity index (χ0n) is 16.9. The van der Waals surface area contributed by atoms with Gasteiger partial charge in [0.1, 0.15) is 5.57 Å². The van der Waals surface area contributed by atoms with Crippen molar-refractivity contribution in [2.45, 2.75) is 13.3 Å². The second-order valence-corrected chi connectivity index (χ2v) is 9.86. The van der Waals surface area contributed by atoms with E-state index in [4.69, 9.17) is 14.2 Å². The minimum absolute atomic E-state index is 0.325. The van der Waals surface area contributed by atoms with Crippen molar-refractivity contribution in [1.29, 1.82) is 0 Å². The highest BCUT2D eigenvalue weighted by Gasteiger charge is 2.31. The molecule has 0 saturated heterocycles. The summed E-state index contributed by atoms with van der Waals surface area (Å²) < 4.78 is 16.4. The number of esters is 1. The zero-order valence-corrected chi connectivity index (χ0v) is 17.8. The number of carbonyl (C=O) groups excluding carboxylic acids is 1. The van der Waals surface area contributed by atoms with Crippen LogP contribution in [0.25, 0.3) is 0 Å². The van der Waals surface area contributed by atoms with E-state index in [1.54, 1.807) is 6.92 Å². The summed E-state index contributed by atoms with van der Waals surface area (Å²) in [6, 6.07) is 30.8. The average molecular weight is 417 g/mol. The molecule has 0 amide bonds. The monoisotopic (exact) mass is 417 g/mol. The Morgan fingerprint density at radius 1 is 0.867 bits per heavy atom. The normalized spacial score (nSPS) is 13.6. The van der Waals surface area contributed by atoms with Gasteiger partial charge in [0.05, 0.1) is 20.3 Å². The maximum Gasteiger partial charge on any atom is 0.339 e. The minimum atomic E-state index is -2.46. The summed E-state index contributed by atoms with van der Waals surface area (Å²) >= 11 is 0. The fourth-order valence-electron chi connectivity index (χ4n) is 3.63. The SMILES string of the molecule is CCOC(=O)C1=C(N=P(c2ccccc2)(c2ccccc2)c2ccccc2)OCC1. The van der Waals surface area contributed by atoms with Gasteiger partial charge in [-0.2, -0.15) is 0 Å². The molecule has 1 heterocycles. The molecule has 0 unspecified atom stereocenters. The first-order valence-corrected chi connectivity index (χ1v) is 11.8. The van der Waals surface area contributed by atoms with Crippen LogP contribution in [0, 0.1) is 0 Å². The molecule has 3 aromatic carbocycles. The van der Waals surface area contributed by atoms with Gasteiger partial charge in [0, 0.05) is 22.3 Å². The van der Waals surface area contributed by atoms with Crippen LogP contribution in [0.5, 0.6) is 0 Å². The molecular formula is C25H24NO3P. The minimum Gasteiger partial charge on any atom is -0.477 e. The first-order valence-electron chi connectivity index (χ1n) is 10.1. The van der Waals surface area contributed by atoms with Crippen molar-refractivity contribution >= 4 is 28.9 Å². The van der Waals surface area contributed by atoms with Gasteiger partial charge < -0.3 is 9.47 Å². The van der Waals surface area contributed by atoms with E-state index in [9.17, 15) is 4.79 Å². The van der Waals surface area contributed by atoms with E-state index >= 15 is 0 Å². The van der Waals surface area contributed by atoms with Crippen LogP contribution in [0.2, 0.25) is 0 Å². The predicted molar refractivity (Wildman–Crippen MR) is 122 cm³/mol. The van der Waals surface area contributed by atoms with Gasteiger partial charge >= 0.3 is 5.97 Å². The largest absolute Gasteiger partial charge is 0.477 e. The third kappa shape index (κ3) is 3.83. The number of benzene rings is 3. The van der Waals surface area contributed by atoms with Crippen molar-refractivity contribution in [2.24, 2.45) is 4.74 Å². The Kier molecular flexibility index (Phi) is 6.15. The van der Waals surface area contributed by atoms with Gasteiger partial charge in [0.25, 0.3) is 0 Å². The second kappa shape index (κ2) is 9.15. The van der Waals surface area contributed by atoms with Crippen molar-refractivity contribution < 1.29 is 14.3 Å². The fraction of sp³-hybridized carbons (Fsp3) is 0.160. The zero-order chi connectivity index (χ0) is 20.8. The number of carbonyl (C=O) groups is 1. The van der Waals surface area contributed by atoms with Gasteiger partial charge in [-0.05, 0) is 6.92 Å². The topological polar surface area (TPSA) is 47.9 Å². The summed E-state index contributed by atoms with van der Waals surface area (Å²) in [6.45, 7) is 2.57. The van der Waals surface area contributed by atoms with E-state index in [1.165, 1.54) is 0 Å². The maximum absolute atomic E-state index is 12.5. The van der Waals surface area contributed by atoms with Crippen LogP contribution < -0.4 is 15.9 Å². The summed E-state index contributed by atoms with van der Waals surface area (Å²) in [4.78, 5) is 12.5. The molecule has 0 aliphatic carbocycles. The molecule has 1 aliphatic rings. The van der Waals surface area contributed by atoms with Crippen LogP contribution in [-0.2, 0) is 14.3 Å². The number of nitrogens with zero attached hydrogens (tertiary/aromatic N) is 1. The van der Waals surface area contributed by atoms with Gasteiger partial charge in [-0.25, -0.2) is 9.54 Å². The molecule has 0 saturated carbocycles. The van der Waals surface area contributed by atoms with Gasteiger partial charge in [-0.3, -0.25) is 0 Å². The summed E-state index contributed by atoms with van der Waals surface area (Å²) in [5.74, 6) is 0.0550. The smallest absolute Gasteiger partial charge is 0.339 e. The Bertz CT molecular complexity index is 990. The summed E-state index contributed by atoms with van der Waals surface area (Å²) in [5.41, 5.74) is 0.518. The van der Waals surface area contributed by atoms with Gasteiger partial charge in [-0.15, -0.1) is 0 Å². The van der Waals surface area contributed by atoms with Gasteiger partial charge in [0.2, 0.25) is 5.88 Å². The molecule has 4 nitrogen and oxygen atoms in total. The van der Waals surface area contributed by atoms with E-state index in [0.29, 0.717) is 31.1 Å². The Labute approximate surface area is 177 Å². The molecule has 3 aromatic rings. The van der Waals surface area contributed by atoms with Crippen LogP contribution in [0.3, 0.4) is 0 Å². The number of hydrogen-bond acceptors (Lipinski definition) is 4. The molecule has 1 aliphatic heterocycles. The lowest BCUT2D eigenvalue weighted by Crippen LogP contribution is -2.25. The van der Waals surface area contributed by atoms with Crippen molar-refractivity contribution in [1.82, 2.24) is 0 Å². The van der Waals surface area contributed by atoms with E-state index in [1.807, 2.05) is 54.6 Å². The van der Waals surface area contributed by atoms with Gasteiger partial charge in [0.15, 0.2) is 0 Å². The Hall–Kier alpha value is -3.10. The quantitative estimate of drug-likeness (QED) is 0.442. The van der Waals surface area contributed by atoms with Gasteiger partial charge in [-0.1, -0.05) is 91.0 Å². The molecule has 0 radical (unpaired) electrons. The highest BCUT2D eigenvalue weighted by atomic mass is 31.2. The number of hydrogen-bond donors (Lipinski definition) is 0. The molecule has 0 fully saturated rings. The van der Waals surface area contributed by atoms with Crippen LogP contribution in [0.15, 0.2) is 107 Å². The molecule has 30 heavy (non-hydrogen) atoms. The Morgan fingerprint density at radius 2 is 1.33 bits per heavy atom. The van der Waals surface area contributed by atoms with Crippen molar-refractivity contribution in [3.8, 4) is 0 Å². The van der Waals surface area contributed by atoms with Crippen LogP contribution in [0.1, 0.15) is 13.3 Å². The van der Waals surface area contributed by atoms with Crippen LogP contribution in [-0.4, -0.2) is 19.2 Å². The molecule has 0 atom stereocenters. The fourth-order valence-corrected chi connectivity index (χ4v) is 7.13. The summed E-state index contributed by atoms with van der Waals surface area (Å²) in [5, 5.41) is 3.32. The van der Waals surface area contributed by atoms with Crippen molar-refractivity contribution in [3.05, 3.63) is 102 Å². The predicted octanol–water partition coefficient (Wildman–Crippen LogP) is 4.36. The Morgan fingerprint density at radius 3 is 1.77 bits per heavy atom. The molecule has 0 N–H and O–H groups in total. The van der Waals surface area contributed by atoms with E-state index in [0.717, 1.165) is 15.9 Å². The first-order chi connectivity index (χ1) is 14.8. The molecule has 5 heteroatoms. The van der Waals surface area contributed by atoms with Crippen molar-refractivity contribution in [3.63, 3.8) is 0 Å². The molecule has 152 valence electrons. The molecule has 0 aromatic heterocycles. The lowest BCUT2D eigenvalue weighted by atomic mass is 10.2. The van der Waals surface area contributed by atoms with Crippen molar-refractivity contribution in [2.75, 3.05) is 13.2 Å². The summed E-state index contributed by atoms with van der Waals surface area (Å²) in [6.07, 6.45) is 0.510. The second-order valence-electron chi connectivity index (χ2n) is 6.84. The Balaban J connectivity index is 2.07. The third-order valence-corrected chi connectivity index (χ3v) is 8.62. The standard InChI is InChI=1S/C25H24NO3P/c1-2-28-25(27)23-18-19-29-24(23)26-30(20-12-6-3-7-13-20,21-14-8-4-9-15-21)22-16-10-5-11-17-22/h3-17H,2,18-19H2,1H3. The average Bonchev–Trinajstić information content (AvgIpc) is 3.28. The molecular weight excluding hydrogens is 393 g/mol. The molecule has 4 rings (SSSR count). The molecule has 0 spiro atoms. The lowest BCUT2D eigenvalue weighted by Gasteiger charge is -2.27. The highest BCUT2D eigenvalue weighted by molar-refractivity contribution is 7.87. The van der Waals surface area contributed by atoms with E-state index in [2.05, 4.69) is 36.4 Å². The van der Waals surface area contributed by atoms with E-state index in [-0.39, 0.29) is 5.97 Å². The van der Waals surface area contributed by atoms with Crippen LogP contribution in [0.4, 0.5) is 0 Å². The highest BCUT2D eigenvalue weighted by Crippen LogP contribution is 2.48. The number of rotatable bonds is 6. The lowest BCUT2D eigenvalue weighted by molar-refractivity contribution is -0.138.